The number of para-hydroxylation sites is 1. The standard InChI is InChI=1S/C20H21F2N3OS/c21-20(22)11-9-15(10-12-20)14-5-7-16(8-6-14)27(23,26)25-19-13-24-18-4-2-1-3-17(18)19/h1-8,13,15,24H,9-12H2,(H2,23,25,26). The zero-order valence-corrected chi connectivity index (χ0v) is 15.5. The first-order chi connectivity index (χ1) is 12.8. The minimum Gasteiger partial charge on any atom is -0.359 e. The normalized spacial score (nSPS) is 19.7. The first-order valence-corrected chi connectivity index (χ1v) is 10.5. The SMILES string of the molecule is NS(=O)(=Nc1c[nH]c2ccccc12)c1ccc(C2CCC(F)(F)CC2)cc1. The van der Waals surface area contributed by atoms with Gasteiger partial charge in [-0.25, -0.2) is 18.1 Å². The Hall–Kier alpha value is -2.25. The van der Waals surface area contributed by atoms with E-state index < -0.39 is 15.8 Å². The Kier molecular flexibility index (Phi) is 4.52. The van der Waals surface area contributed by atoms with Crippen molar-refractivity contribution in [3.63, 3.8) is 0 Å². The van der Waals surface area contributed by atoms with Gasteiger partial charge in [-0.05, 0) is 42.5 Å². The Balaban J connectivity index is 1.60. The summed E-state index contributed by atoms with van der Waals surface area (Å²) < 4.78 is 43.9. The summed E-state index contributed by atoms with van der Waals surface area (Å²) in [4.78, 5) is 3.51. The number of aromatic amines is 1. The van der Waals surface area contributed by atoms with Crippen LogP contribution in [0.5, 0.6) is 0 Å². The van der Waals surface area contributed by atoms with Gasteiger partial charge in [0.15, 0.2) is 0 Å². The summed E-state index contributed by atoms with van der Waals surface area (Å²) in [6.07, 6.45) is 2.45. The molecule has 1 aliphatic rings. The molecule has 0 spiro atoms. The van der Waals surface area contributed by atoms with Crippen LogP contribution in [-0.4, -0.2) is 15.1 Å². The van der Waals surface area contributed by atoms with Gasteiger partial charge in [0, 0.05) is 29.9 Å². The number of hydrogen-bond acceptors (Lipinski definition) is 2. The van der Waals surface area contributed by atoms with E-state index >= 15 is 0 Å². The molecule has 27 heavy (non-hydrogen) atoms. The highest BCUT2D eigenvalue weighted by molar-refractivity contribution is 7.91. The summed E-state index contributed by atoms with van der Waals surface area (Å²) in [6.45, 7) is 0. The topological polar surface area (TPSA) is 71.2 Å². The highest BCUT2D eigenvalue weighted by Gasteiger charge is 2.35. The van der Waals surface area contributed by atoms with Crippen molar-refractivity contribution in [2.24, 2.45) is 9.50 Å². The fraction of sp³-hybridized carbons (Fsp3) is 0.300. The maximum Gasteiger partial charge on any atom is 0.248 e. The van der Waals surface area contributed by atoms with Gasteiger partial charge in [-0.2, -0.15) is 4.36 Å². The number of nitrogens with two attached hydrogens (primary N) is 1. The first-order valence-electron chi connectivity index (χ1n) is 8.93. The molecule has 0 aliphatic heterocycles. The number of hydrogen-bond donors (Lipinski definition) is 2. The molecule has 0 saturated heterocycles. The molecule has 0 radical (unpaired) electrons. The van der Waals surface area contributed by atoms with Crippen LogP contribution in [0.15, 0.2) is 64.0 Å². The molecule has 2 aromatic carbocycles. The molecular formula is C20H21F2N3OS. The van der Waals surface area contributed by atoms with Crippen molar-refractivity contribution in [2.45, 2.75) is 42.4 Å². The summed E-state index contributed by atoms with van der Waals surface area (Å²) in [6, 6.07) is 14.7. The van der Waals surface area contributed by atoms with E-state index in [-0.39, 0.29) is 18.8 Å². The number of nitrogens with zero attached hydrogens (tertiary/aromatic N) is 1. The van der Waals surface area contributed by atoms with E-state index in [0.717, 1.165) is 16.5 Å². The van der Waals surface area contributed by atoms with Crippen LogP contribution in [0.4, 0.5) is 14.5 Å². The van der Waals surface area contributed by atoms with Gasteiger partial charge in [0.25, 0.3) is 0 Å². The predicted molar refractivity (Wildman–Crippen MR) is 104 cm³/mol. The third-order valence-electron chi connectivity index (χ3n) is 5.21. The van der Waals surface area contributed by atoms with Crippen molar-refractivity contribution in [3.8, 4) is 0 Å². The maximum absolute atomic E-state index is 13.3. The Labute approximate surface area is 157 Å². The van der Waals surface area contributed by atoms with E-state index in [2.05, 4.69) is 9.35 Å². The molecule has 0 bridgehead atoms. The van der Waals surface area contributed by atoms with E-state index in [0.29, 0.717) is 23.4 Å². The van der Waals surface area contributed by atoms with Crippen LogP contribution in [0.3, 0.4) is 0 Å². The lowest BCUT2D eigenvalue weighted by molar-refractivity contribution is -0.0382. The van der Waals surface area contributed by atoms with Crippen molar-refractivity contribution in [2.75, 3.05) is 0 Å². The van der Waals surface area contributed by atoms with Gasteiger partial charge in [-0.3, -0.25) is 0 Å². The number of benzene rings is 2. The van der Waals surface area contributed by atoms with Crippen molar-refractivity contribution in [1.82, 2.24) is 4.98 Å². The Morgan fingerprint density at radius 2 is 1.74 bits per heavy atom. The van der Waals surface area contributed by atoms with Gasteiger partial charge in [-0.1, -0.05) is 30.3 Å². The largest absolute Gasteiger partial charge is 0.359 e. The van der Waals surface area contributed by atoms with Crippen LogP contribution in [0.2, 0.25) is 0 Å². The first kappa shape index (κ1) is 18.1. The van der Waals surface area contributed by atoms with Gasteiger partial charge < -0.3 is 4.98 Å². The second-order valence-electron chi connectivity index (χ2n) is 7.08. The van der Waals surface area contributed by atoms with Crippen LogP contribution >= 0.6 is 0 Å². The Morgan fingerprint density at radius 1 is 1.07 bits per heavy atom. The summed E-state index contributed by atoms with van der Waals surface area (Å²) in [7, 11) is -3.11. The number of H-pyrrole nitrogens is 1. The summed E-state index contributed by atoms with van der Waals surface area (Å²) in [5, 5.41) is 6.89. The van der Waals surface area contributed by atoms with Crippen LogP contribution in [0.25, 0.3) is 10.9 Å². The third-order valence-corrected chi connectivity index (χ3v) is 6.62. The average molecular weight is 389 g/mol. The van der Waals surface area contributed by atoms with E-state index in [9.17, 15) is 13.0 Å². The van der Waals surface area contributed by atoms with Gasteiger partial charge >= 0.3 is 0 Å². The number of aromatic nitrogens is 1. The van der Waals surface area contributed by atoms with Crippen molar-refractivity contribution in [1.29, 1.82) is 0 Å². The van der Waals surface area contributed by atoms with Gasteiger partial charge in [0.05, 0.1) is 10.6 Å². The molecule has 0 amide bonds. The molecule has 1 heterocycles. The summed E-state index contributed by atoms with van der Waals surface area (Å²) >= 11 is 0. The van der Waals surface area contributed by atoms with Gasteiger partial charge in [0.2, 0.25) is 5.92 Å². The van der Waals surface area contributed by atoms with E-state index in [1.165, 1.54) is 0 Å². The molecule has 142 valence electrons. The number of fused-ring (bicyclic) bond motifs is 1. The maximum atomic E-state index is 13.3. The molecule has 1 unspecified atom stereocenters. The van der Waals surface area contributed by atoms with Crippen LogP contribution in [-0.2, 0) is 9.92 Å². The molecule has 4 nitrogen and oxygen atoms in total. The molecular weight excluding hydrogens is 368 g/mol. The molecule has 3 N–H and O–H groups in total. The third kappa shape index (κ3) is 3.75. The fourth-order valence-corrected chi connectivity index (χ4v) is 4.71. The van der Waals surface area contributed by atoms with Gasteiger partial charge in [-0.15, -0.1) is 0 Å². The van der Waals surface area contributed by atoms with Crippen LogP contribution in [0.1, 0.15) is 37.2 Å². The van der Waals surface area contributed by atoms with E-state index in [1.54, 1.807) is 18.3 Å². The lowest BCUT2D eigenvalue weighted by Gasteiger charge is -2.28. The van der Waals surface area contributed by atoms with Crippen molar-refractivity contribution in [3.05, 3.63) is 60.3 Å². The second kappa shape index (κ2) is 6.73. The molecule has 4 rings (SSSR count). The van der Waals surface area contributed by atoms with Crippen molar-refractivity contribution < 1.29 is 13.0 Å². The molecule has 1 atom stereocenters. The zero-order valence-electron chi connectivity index (χ0n) is 14.7. The lowest BCUT2D eigenvalue weighted by atomic mass is 9.82. The summed E-state index contributed by atoms with van der Waals surface area (Å²) in [5.41, 5.74) is 2.43. The minimum absolute atomic E-state index is 0.0804. The number of nitrogens with one attached hydrogen (secondary N) is 1. The highest BCUT2D eigenvalue weighted by Crippen LogP contribution is 2.41. The molecule has 7 heteroatoms. The van der Waals surface area contributed by atoms with Crippen LogP contribution < -0.4 is 5.14 Å². The quantitative estimate of drug-likeness (QED) is 0.611. The molecule has 1 aliphatic carbocycles. The molecule has 1 saturated carbocycles. The smallest absolute Gasteiger partial charge is 0.248 e. The monoisotopic (exact) mass is 389 g/mol. The van der Waals surface area contributed by atoms with E-state index in [1.807, 2.05) is 36.4 Å². The minimum atomic E-state index is -3.11. The fourth-order valence-electron chi connectivity index (χ4n) is 3.64. The predicted octanol–water partition coefficient (Wildman–Crippen LogP) is 5.49. The molecule has 1 aromatic heterocycles. The average Bonchev–Trinajstić information content (AvgIpc) is 3.04. The van der Waals surface area contributed by atoms with Crippen molar-refractivity contribution >= 4 is 26.5 Å². The number of alkyl halides is 2. The number of rotatable bonds is 3. The van der Waals surface area contributed by atoms with E-state index in [4.69, 9.17) is 5.14 Å². The number of halogens is 2. The molecule has 1 fully saturated rings. The van der Waals surface area contributed by atoms with Crippen LogP contribution in [0, 0.1) is 0 Å². The Morgan fingerprint density at radius 3 is 2.44 bits per heavy atom. The Bertz CT molecular complexity index is 1070. The zero-order chi connectivity index (χ0) is 19.1. The summed E-state index contributed by atoms with van der Waals surface area (Å²) in [5.74, 6) is -2.43. The van der Waals surface area contributed by atoms with Gasteiger partial charge in [0.1, 0.15) is 9.92 Å². The second-order valence-corrected chi connectivity index (χ2v) is 8.87. The molecule has 3 aromatic rings. The highest BCUT2D eigenvalue weighted by atomic mass is 32.2. The lowest BCUT2D eigenvalue weighted by Crippen LogP contribution is -2.23.